The molecular weight excluding hydrogens is 458 g/mol. The smallest absolute Gasteiger partial charge is 0.343 e. The average molecular weight is 478 g/mol. The molecule has 1 amide bonds. The number of halogens is 5. The molecule has 0 aliphatic carbocycles. The van der Waals surface area contributed by atoms with Crippen LogP contribution in [0.15, 0.2) is 47.4 Å². The van der Waals surface area contributed by atoms with E-state index in [0.29, 0.717) is 5.56 Å². The summed E-state index contributed by atoms with van der Waals surface area (Å²) in [4.78, 5) is 14.0. The normalized spacial score (nSPS) is 15.8. The molecule has 1 heterocycles. The third kappa shape index (κ3) is 5.57. The number of hydrogen-bond acceptors (Lipinski definition) is 3. The van der Waals surface area contributed by atoms with Crippen molar-refractivity contribution in [2.24, 2.45) is 0 Å². The average Bonchev–Trinajstić information content (AvgIpc) is 2.72. The number of alkyl halides is 3. The van der Waals surface area contributed by atoms with Gasteiger partial charge in [-0.1, -0.05) is 17.7 Å². The second-order valence-corrected chi connectivity index (χ2v) is 10.0. The highest BCUT2D eigenvalue weighted by Crippen LogP contribution is 2.35. The molecule has 1 aliphatic heterocycles. The Bertz CT molecular complexity index is 1050. The predicted molar refractivity (Wildman–Crippen MR) is 108 cm³/mol. The number of benzene rings is 2. The minimum absolute atomic E-state index is 0.00824. The van der Waals surface area contributed by atoms with E-state index in [9.17, 15) is 30.8 Å². The van der Waals surface area contributed by atoms with Crippen LogP contribution < -0.4 is 0 Å². The monoisotopic (exact) mass is 477 g/mol. The van der Waals surface area contributed by atoms with Gasteiger partial charge in [-0.25, -0.2) is 12.8 Å². The van der Waals surface area contributed by atoms with Crippen molar-refractivity contribution >= 4 is 27.3 Å². The molecule has 1 aliphatic rings. The van der Waals surface area contributed by atoms with Gasteiger partial charge < -0.3 is 4.90 Å². The molecule has 31 heavy (non-hydrogen) atoms. The van der Waals surface area contributed by atoms with E-state index in [1.807, 2.05) is 0 Å². The molecule has 0 atom stereocenters. The van der Waals surface area contributed by atoms with Crippen molar-refractivity contribution in [3.63, 3.8) is 0 Å². The van der Waals surface area contributed by atoms with E-state index >= 15 is 0 Å². The van der Waals surface area contributed by atoms with Gasteiger partial charge in [-0.3, -0.25) is 4.79 Å². The number of carbonyl (C=O) groups excluding carboxylic acids is 1. The predicted octanol–water partition coefficient (Wildman–Crippen LogP) is 4.90. The second kappa shape index (κ2) is 9.16. The molecule has 3 rings (SSSR count). The Morgan fingerprint density at radius 3 is 2.26 bits per heavy atom. The van der Waals surface area contributed by atoms with Gasteiger partial charge in [0, 0.05) is 19.5 Å². The maximum atomic E-state index is 13.1. The molecule has 2 aromatic rings. The molecule has 4 nitrogen and oxygen atoms in total. The van der Waals surface area contributed by atoms with E-state index in [1.54, 1.807) is 0 Å². The van der Waals surface area contributed by atoms with Crippen molar-refractivity contribution in [2.45, 2.75) is 42.0 Å². The van der Waals surface area contributed by atoms with E-state index in [1.165, 1.54) is 23.1 Å². The highest BCUT2D eigenvalue weighted by atomic mass is 35.5. The maximum Gasteiger partial charge on any atom is 0.417 e. The molecule has 10 heteroatoms. The van der Waals surface area contributed by atoms with Crippen molar-refractivity contribution < 1.29 is 30.8 Å². The highest BCUT2D eigenvalue weighted by Gasteiger charge is 2.34. The molecule has 2 aromatic carbocycles. The number of aryl methyl sites for hydroxylation is 1. The molecule has 0 bridgehead atoms. The zero-order valence-electron chi connectivity index (χ0n) is 16.3. The third-order valence-electron chi connectivity index (χ3n) is 5.34. The number of nitrogens with zero attached hydrogens (tertiary/aromatic N) is 1. The van der Waals surface area contributed by atoms with E-state index in [0.717, 1.165) is 24.3 Å². The lowest BCUT2D eigenvalue weighted by molar-refractivity contribution is -0.137. The lowest BCUT2D eigenvalue weighted by Crippen LogP contribution is -2.42. The van der Waals surface area contributed by atoms with Crippen LogP contribution in [0, 0.1) is 5.82 Å². The first-order valence-electron chi connectivity index (χ1n) is 9.61. The molecular formula is C21H20ClF4NO3S. The van der Waals surface area contributed by atoms with Gasteiger partial charge >= 0.3 is 6.18 Å². The summed E-state index contributed by atoms with van der Waals surface area (Å²) in [7, 11) is -3.63. The third-order valence-corrected chi connectivity index (χ3v) is 7.95. The SMILES string of the molecule is O=C(CCc1ccc(Cl)c(C(F)(F)F)c1)N1CCC(S(=O)(=O)c2ccc(F)cc2)CC1. The van der Waals surface area contributed by atoms with Gasteiger partial charge in [-0.15, -0.1) is 0 Å². The van der Waals surface area contributed by atoms with Crippen molar-refractivity contribution in [3.05, 3.63) is 64.4 Å². The van der Waals surface area contributed by atoms with Crippen molar-refractivity contribution in [2.75, 3.05) is 13.1 Å². The largest absolute Gasteiger partial charge is 0.417 e. The quantitative estimate of drug-likeness (QED) is 0.455. The summed E-state index contributed by atoms with van der Waals surface area (Å²) in [6.07, 6.45) is -3.97. The van der Waals surface area contributed by atoms with Gasteiger partial charge in [0.25, 0.3) is 0 Å². The van der Waals surface area contributed by atoms with E-state index < -0.39 is 37.7 Å². The number of likely N-dealkylation sites (tertiary alicyclic amines) is 1. The van der Waals surface area contributed by atoms with E-state index in [2.05, 4.69) is 0 Å². The van der Waals surface area contributed by atoms with Crippen LogP contribution in [0.5, 0.6) is 0 Å². The summed E-state index contributed by atoms with van der Waals surface area (Å²) < 4.78 is 77.3. The molecule has 0 unspecified atom stereocenters. The number of rotatable bonds is 5. The van der Waals surface area contributed by atoms with Crippen LogP contribution in [0.3, 0.4) is 0 Å². The number of piperidine rings is 1. The van der Waals surface area contributed by atoms with Gasteiger partial charge in [0.1, 0.15) is 5.82 Å². The maximum absolute atomic E-state index is 13.1. The Morgan fingerprint density at radius 2 is 1.68 bits per heavy atom. The first-order valence-corrected chi connectivity index (χ1v) is 11.5. The van der Waals surface area contributed by atoms with E-state index in [-0.39, 0.29) is 49.6 Å². The molecule has 0 spiro atoms. The lowest BCUT2D eigenvalue weighted by Gasteiger charge is -2.32. The molecule has 0 saturated carbocycles. The van der Waals surface area contributed by atoms with Crippen LogP contribution in [0.2, 0.25) is 5.02 Å². The van der Waals surface area contributed by atoms with Crippen LogP contribution in [0.25, 0.3) is 0 Å². The molecule has 0 N–H and O–H groups in total. The Labute approximate surface area is 182 Å². The minimum Gasteiger partial charge on any atom is -0.343 e. The Kier molecular flexibility index (Phi) is 6.95. The summed E-state index contributed by atoms with van der Waals surface area (Å²) in [6.45, 7) is 0.469. The van der Waals surface area contributed by atoms with Crippen molar-refractivity contribution in [3.8, 4) is 0 Å². The first kappa shape index (κ1) is 23.5. The highest BCUT2D eigenvalue weighted by molar-refractivity contribution is 7.92. The summed E-state index contributed by atoms with van der Waals surface area (Å²) in [5, 5.41) is -1.07. The minimum atomic E-state index is -4.57. The fourth-order valence-electron chi connectivity index (χ4n) is 3.59. The van der Waals surface area contributed by atoms with Crippen molar-refractivity contribution in [1.82, 2.24) is 4.90 Å². The fourth-order valence-corrected chi connectivity index (χ4v) is 5.54. The number of carbonyl (C=O) groups is 1. The number of amides is 1. The van der Waals surface area contributed by atoms with E-state index in [4.69, 9.17) is 11.6 Å². The number of sulfone groups is 1. The zero-order valence-corrected chi connectivity index (χ0v) is 17.9. The zero-order chi connectivity index (χ0) is 22.8. The molecule has 0 radical (unpaired) electrons. The van der Waals surface area contributed by atoms with Gasteiger partial charge in [-0.2, -0.15) is 13.2 Å². The van der Waals surface area contributed by atoms with Crippen LogP contribution in [0.1, 0.15) is 30.4 Å². The van der Waals surface area contributed by atoms with Crippen molar-refractivity contribution in [1.29, 1.82) is 0 Å². The first-order chi connectivity index (χ1) is 14.5. The topological polar surface area (TPSA) is 54.5 Å². The van der Waals surface area contributed by atoms with Crippen LogP contribution in [-0.4, -0.2) is 37.6 Å². The van der Waals surface area contributed by atoms with Crippen LogP contribution in [0.4, 0.5) is 17.6 Å². The molecule has 1 saturated heterocycles. The Morgan fingerprint density at radius 1 is 1.06 bits per heavy atom. The molecule has 168 valence electrons. The summed E-state index contributed by atoms with van der Waals surface area (Å²) >= 11 is 5.60. The standard InChI is InChI=1S/C21H20ClF4NO3S/c22-19-7-1-14(13-18(19)21(24,25)26)2-8-20(28)27-11-9-17(10-12-27)31(29,30)16-5-3-15(23)4-6-16/h1,3-7,13,17H,2,8-12H2. The summed E-state index contributed by atoms with van der Waals surface area (Å²) in [6, 6.07) is 8.19. The Hall–Kier alpha value is -2.13. The van der Waals surface area contributed by atoms with Gasteiger partial charge in [-0.05, 0) is 61.2 Å². The number of hydrogen-bond donors (Lipinski definition) is 0. The molecule has 1 fully saturated rings. The summed E-state index contributed by atoms with van der Waals surface area (Å²) in [5.41, 5.74) is -0.593. The second-order valence-electron chi connectivity index (χ2n) is 7.39. The van der Waals surface area contributed by atoms with Gasteiger partial charge in [0.05, 0.1) is 20.7 Å². The molecule has 0 aromatic heterocycles. The van der Waals surface area contributed by atoms with Gasteiger partial charge in [0.15, 0.2) is 9.84 Å². The summed E-state index contributed by atoms with van der Waals surface area (Å²) in [5.74, 6) is -0.774. The van der Waals surface area contributed by atoms with Crippen LogP contribution in [-0.2, 0) is 27.2 Å². The van der Waals surface area contributed by atoms with Crippen LogP contribution >= 0.6 is 11.6 Å². The lowest BCUT2D eigenvalue weighted by atomic mass is 10.0. The fraction of sp³-hybridized carbons (Fsp3) is 0.381. The van der Waals surface area contributed by atoms with Gasteiger partial charge in [0.2, 0.25) is 5.91 Å². The Balaban J connectivity index is 1.57.